The Kier molecular flexibility index (Phi) is 3.46. The summed E-state index contributed by atoms with van der Waals surface area (Å²) in [6.07, 6.45) is 0. The first-order valence-corrected chi connectivity index (χ1v) is 5.65. The van der Waals surface area contributed by atoms with Crippen molar-refractivity contribution >= 4 is 23.4 Å². The number of halogens is 3. The van der Waals surface area contributed by atoms with Gasteiger partial charge in [0, 0.05) is 16.0 Å². The Balaban J connectivity index is 2.26. The summed E-state index contributed by atoms with van der Waals surface area (Å²) in [6, 6.07) is 11.3. The lowest BCUT2D eigenvalue weighted by atomic mass is 10.3. The van der Waals surface area contributed by atoms with Gasteiger partial charge in [0.2, 0.25) is 0 Å². The molecule has 0 fully saturated rings. The monoisotopic (exact) mass is 255 g/mol. The third-order valence-corrected chi connectivity index (χ3v) is 3.12. The Hall–Kier alpha value is -1.06. The van der Waals surface area contributed by atoms with Crippen molar-refractivity contribution in [3.63, 3.8) is 0 Å². The topological polar surface area (TPSA) is 0 Å². The molecule has 0 spiro atoms. The molecular weight excluding hydrogens is 250 g/mol. The van der Waals surface area contributed by atoms with Crippen molar-refractivity contribution < 1.29 is 8.78 Å². The fraction of sp³-hybridized carbons (Fsp3) is 0. The average Bonchev–Trinajstić information content (AvgIpc) is 2.27. The van der Waals surface area contributed by atoms with E-state index in [2.05, 4.69) is 6.07 Å². The van der Waals surface area contributed by atoms with Gasteiger partial charge in [0.15, 0.2) is 0 Å². The van der Waals surface area contributed by atoms with Crippen LogP contribution in [0, 0.1) is 17.7 Å². The van der Waals surface area contributed by atoms with E-state index in [1.54, 1.807) is 24.3 Å². The molecule has 2 rings (SSSR count). The summed E-state index contributed by atoms with van der Waals surface area (Å²) < 4.78 is 26.1. The summed E-state index contributed by atoms with van der Waals surface area (Å²) >= 11 is 6.83. The van der Waals surface area contributed by atoms with Crippen LogP contribution in [0.2, 0.25) is 5.02 Å². The van der Waals surface area contributed by atoms with Crippen molar-refractivity contribution in [2.45, 2.75) is 9.79 Å². The molecule has 2 aromatic rings. The summed E-state index contributed by atoms with van der Waals surface area (Å²) in [7, 11) is 0. The van der Waals surface area contributed by atoms with Crippen LogP contribution >= 0.6 is 23.4 Å². The summed E-state index contributed by atoms with van der Waals surface area (Å²) in [5.74, 6) is -1.06. The van der Waals surface area contributed by atoms with Crippen molar-refractivity contribution in [3.8, 4) is 0 Å². The molecule has 0 saturated carbocycles. The Morgan fingerprint density at radius 2 is 1.69 bits per heavy atom. The minimum Gasteiger partial charge on any atom is -0.206 e. The van der Waals surface area contributed by atoms with Crippen LogP contribution < -0.4 is 0 Å². The molecule has 0 atom stereocenters. The maximum Gasteiger partial charge on any atom is 0.137 e. The lowest BCUT2D eigenvalue weighted by Gasteiger charge is -2.02. The van der Waals surface area contributed by atoms with E-state index in [9.17, 15) is 8.78 Å². The lowest BCUT2D eigenvalue weighted by Crippen LogP contribution is -1.84. The quantitative estimate of drug-likeness (QED) is 0.758. The third-order valence-electron chi connectivity index (χ3n) is 1.86. The van der Waals surface area contributed by atoms with E-state index in [4.69, 9.17) is 11.6 Å². The lowest BCUT2D eigenvalue weighted by molar-refractivity contribution is 0.575. The van der Waals surface area contributed by atoms with E-state index in [0.29, 0.717) is 5.02 Å². The van der Waals surface area contributed by atoms with Gasteiger partial charge in [-0.25, -0.2) is 8.78 Å². The predicted molar refractivity (Wildman–Crippen MR) is 60.8 cm³/mol. The highest BCUT2D eigenvalue weighted by Crippen LogP contribution is 2.30. The Bertz CT molecular complexity index is 497. The molecule has 0 nitrogen and oxygen atoms in total. The first-order valence-electron chi connectivity index (χ1n) is 4.46. The van der Waals surface area contributed by atoms with Gasteiger partial charge in [-0.15, -0.1) is 0 Å². The van der Waals surface area contributed by atoms with Gasteiger partial charge in [0.05, 0.1) is 4.90 Å². The number of benzene rings is 2. The molecule has 0 bridgehead atoms. The minimum atomic E-state index is -0.571. The molecule has 0 aliphatic carbocycles. The fourth-order valence-corrected chi connectivity index (χ4v) is 2.07. The van der Waals surface area contributed by atoms with E-state index in [0.717, 1.165) is 28.8 Å². The van der Waals surface area contributed by atoms with Gasteiger partial charge in [-0.1, -0.05) is 23.4 Å². The predicted octanol–water partition coefficient (Wildman–Crippen LogP) is 4.57. The average molecular weight is 256 g/mol. The van der Waals surface area contributed by atoms with Crippen molar-refractivity contribution in [1.82, 2.24) is 0 Å². The molecule has 81 valence electrons. The molecule has 1 radical (unpaired) electrons. The standard InChI is InChI=1S/C12H6ClF2S/c13-8-1-4-10(5-2-8)16-12-7-9(14)3-6-11(12)15/h1-6H. The Morgan fingerprint density at radius 1 is 1.00 bits per heavy atom. The van der Waals surface area contributed by atoms with Gasteiger partial charge >= 0.3 is 0 Å². The van der Waals surface area contributed by atoms with Gasteiger partial charge in [0.1, 0.15) is 11.6 Å². The van der Waals surface area contributed by atoms with Crippen LogP contribution in [0.4, 0.5) is 8.78 Å². The van der Waals surface area contributed by atoms with Crippen LogP contribution in [0.3, 0.4) is 0 Å². The van der Waals surface area contributed by atoms with Crippen LogP contribution in [0.25, 0.3) is 0 Å². The summed E-state index contributed by atoms with van der Waals surface area (Å²) in [5.41, 5.74) is 0. The summed E-state index contributed by atoms with van der Waals surface area (Å²) in [5, 5.41) is 0.605. The van der Waals surface area contributed by atoms with Crippen molar-refractivity contribution in [1.29, 1.82) is 0 Å². The molecule has 0 N–H and O–H groups in total. The van der Waals surface area contributed by atoms with Gasteiger partial charge in [-0.3, -0.25) is 0 Å². The zero-order valence-electron chi connectivity index (χ0n) is 8.01. The normalized spacial score (nSPS) is 10.4. The molecule has 0 saturated heterocycles. The third kappa shape index (κ3) is 2.74. The van der Waals surface area contributed by atoms with Crippen molar-refractivity contribution in [3.05, 3.63) is 59.1 Å². The number of hydrogen-bond acceptors (Lipinski definition) is 1. The molecule has 16 heavy (non-hydrogen) atoms. The van der Waals surface area contributed by atoms with Crippen LogP contribution in [-0.2, 0) is 0 Å². The van der Waals surface area contributed by atoms with Crippen LogP contribution in [-0.4, -0.2) is 0 Å². The van der Waals surface area contributed by atoms with Gasteiger partial charge < -0.3 is 0 Å². The Labute approximate surface area is 101 Å². The van der Waals surface area contributed by atoms with E-state index in [1.807, 2.05) is 0 Å². The van der Waals surface area contributed by atoms with Crippen molar-refractivity contribution in [2.24, 2.45) is 0 Å². The molecule has 0 unspecified atom stereocenters. The van der Waals surface area contributed by atoms with Crippen molar-refractivity contribution in [2.75, 3.05) is 0 Å². The highest BCUT2D eigenvalue weighted by Gasteiger charge is 2.06. The van der Waals surface area contributed by atoms with Crippen LogP contribution in [0.15, 0.2) is 46.2 Å². The molecule has 4 heteroatoms. The molecule has 0 aromatic heterocycles. The largest absolute Gasteiger partial charge is 0.206 e. The summed E-state index contributed by atoms with van der Waals surface area (Å²) in [6.45, 7) is 0. The van der Waals surface area contributed by atoms with Gasteiger partial charge in [-0.05, 0) is 36.4 Å². The molecule has 0 aliphatic heterocycles. The fourth-order valence-electron chi connectivity index (χ4n) is 1.13. The maximum absolute atomic E-state index is 13.3. The van der Waals surface area contributed by atoms with E-state index in [1.165, 1.54) is 0 Å². The summed E-state index contributed by atoms with van der Waals surface area (Å²) in [4.78, 5) is 0.924. The first kappa shape index (κ1) is 11.4. The van der Waals surface area contributed by atoms with E-state index in [-0.39, 0.29) is 4.90 Å². The molecule has 0 heterocycles. The number of rotatable bonds is 2. The molecule has 0 aliphatic rings. The first-order chi connectivity index (χ1) is 7.65. The highest BCUT2D eigenvalue weighted by molar-refractivity contribution is 7.99. The van der Waals surface area contributed by atoms with Gasteiger partial charge in [-0.2, -0.15) is 0 Å². The molecular formula is C12H6ClF2S. The van der Waals surface area contributed by atoms with Crippen LogP contribution in [0.1, 0.15) is 0 Å². The molecule has 2 aromatic carbocycles. The zero-order chi connectivity index (χ0) is 11.5. The maximum atomic E-state index is 13.3. The second-order valence-electron chi connectivity index (χ2n) is 3.04. The van der Waals surface area contributed by atoms with Crippen LogP contribution in [0.5, 0.6) is 0 Å². The second kappa shape index (κ2) is 4.85. The van der Waals surface area contributed by atoms with E-state index >= 15 is 0 Å². The molecule has 0 amide bonds. The Morgan fingerprint density at radius 3 is 2.38 bits per heavy atom. The number of hydrogen-bond donors (Lipinski definition) is 0. The SMILES string of the molecule is Fc1[c]c(Sc2ccc(Cl)cc2)c(F)cc1. The smallest absolute Gasteiger partial charge is 0.137 e. The second-order valence-corrected chi connectivity index (χ2v) is 4.56. The van der Waals surface area contributed by atoms with E-state index < -0.39 is 11.6 Å². The van der Waals surface area contributed by atoms with Gasteiger partial charge in [0.25, 0.3) is 0 Å². The zero-order valence-corrected chi connectivity index (χ0v) is 9.58. The minimum absolute atomic E-state index is 0.141. The highest BCUT2D eigenvalue weighted by atomic mass is 35.5.